The summed E-state index contributed by atoms with van der Waals surface area (Å²) in [7, 11) is 0. The first-order valence-corrected chi connectivity index (χ1v) is 9.69. The molecule has 1 saturated heterocycles. The number of carboxylic acids is 1. The number of carboxylic acid groups (broad SMARTS) is 1. The maximum Gasteiger partial charge on any atom is 0.337 e. The van der Waals surface area contributed by atoms with Crippen molar-refractivity contribution in [2.24, 2.45) is 0 Å². The molecule has 1 aliphatic rings. The van der Waals surface area contributed by atoms with E-state index in [1.807, 2.05) is 16.5 Å². The Morgan fingerprint density at radius 3 is 2.60 bits per heavy atom. The third kappa shape index (κ3) is 4.32. The number of hydrogen-bond acceptors (Lipinski definition) is 5. The Hall–Kier alpha value is -3.68. The molecule has 1 amide bonds. The average molecular weight is 407 g/mol. The number of nitrogens with one attached hydrogen (secondary N) is 1. The van der Waals surface area contributed by atoms with Crippen molar-refractivity contribution in [3.05, 3.63) is 72.9 Å². The van der Waals surface area contributed by atoms with Crippen LogP contribution in [-0.4, -0.2) is 49.7 Å². The van der Waals surface area contributed by atoms with E-state index in [1.54, 1.807) is 24.4 Å². The van der Waals surface area contributed by atoms with Crippen molar-refractivity contribution in [1.29, 1.82) is 0 Å². The molecule has 30 heavy (non-hydrogen) atoms. The maximum atomic E-state index is 12.6. The maximum absolute atomic E-state index is 12.6. The van der Waals surface area contributed by atoms with E-state index in [-0.39, 0.29) is 17.5 Å². The Kier molecular flexibility index (Phi) is 6.46. The number of amides is 1. The van der Waals surface area contributed by atoms with Gasteiger partial charge in [-0.1, -0.05) is 31.4 Å². The Balaban J connectivity index is 1.70. The molecule has 0 spiro atoms. The number of likely N-dealkylation sites (tertiary alicyclic amines) is 1. The lowest BCUT2D eigenvalue weighted by Gasteiger charge is -2.33. The van der Waals surface area contributed by atoms with Gasteiger partial charge in [-0.3, -0.25) is 14.5 Å². The molecule has 156 valence electrons. The van der Waals surface area contributed by atoms with Gasteiger partial charge in [0, 0.05) is 24.9 Å². The van der Waals surface area contributed by atoms with E-state index >= 15 is 0 Å². The topological polar surface area (TPSA) is 100 Å². The van der Waals surface area contributed by atoms with E-state index in [9.17, 15) is 14.7 Å². The summed E-state index contributed by atoms with van der Waals surface area (Å²) in [5.41, 5.74) is 2.73. The van der Waals surface area contributed by atoms with Crippen molar-refractivity contribution in [1.82, 2.24) is 19.7 Å². The van der Waals surface area contributed by atoms with Gasteiger partial charge in [-0.15, -0.1) is 0 Å². The molecular formula is C22H25N5O3. The van der Waals surface area contributed by atoms with Crippen LogP contribution in [0.3, 0.4) is 0 Å². The van der Waals surface area contributed by atoms with E-state index in [0.29, 0.717) is 24.4 Å². The number of pyridine rings is 1. The summed E-state index contributed by atoms with van der Waals surface area (Å²) >= 11 is 0. The Labute approximate surface area is 175 Å². The molecule has 2 N–H and O–H groups in total. The highest BCUT2D eigenvalue weighted by atomic mass is 16.4. The number of hydrogen-bond donors (Lipinski definition) is 2. The van der Waals surface area contributed by atoms with Crippen LogP contribution >= 0.6 is 0 Å². The van der Waals surface area contributed by atoms with Crippen LogP contribution in [-0.2, 0) is 4.79 Å². The summed E-state index contributed by atoms with van der Waals surface area (Å²) < 4.78 is 1.94. The number of carbonyl (C=O) groups excluding carboxylic acids is 1. The molecule has 2 aromatic rings. The highest BCUT2D eigenvalue weighted by Crippen LogP contribution is 2.29. The molecule has 0 aliphatic carbocycles. The molecule has 2 aromatic heterocycles. The highest BCUT2D eigenvalue weighted by Gasteiger charge is 2.26. The zero-order valence-electron chi connectivity index (χ0n) is 16.9. The van der Waals surface area contributed by atoms with Crippen LogP contribution in [0.5, 0.6) is 0 Å². The van der Waals surface area contributed by atoms with Crippen molar-refractivity contribution in [2.45, 2.75) is 25.8 Å². The van der Waals surface area contributed by atoms with Crippen molar-refractivity contribution >= 4 is 23.3 Å². The van der Waals surface area contributed by atoms with Crippen molar-refractivity contribution < 1.29 is 14.7 Å². The van der Waals surface area contributed by atoms with Gasteiger partial charge in [0.05, 0.1) is 41.1 Å². The predicted molar refractivity (Wildman–Crippen MR) is 115 cm³/mol. The molecule has 0 unspecified atom stereocenters. The summed E-state index contributed by atoms with van der Waals surface area (Å²) in [6, 6.07) is 1.61. The number of nitrogens with zero attached hydrogens (tertiary/aromatic N) is 4. The normalized spacial score (nSPS) is 15.0. The molecule has 8 nitrogen and oxygen atoms in total. The molecule has 3 heterocycles. The zero-order valence-corrected chi connectivity index (χ0v) is 16.9. The second kappa shape index (κ2) is 9.21. The standard InChI is InChI=1S/C22H25N5O3/c1-4-6-16(5-2)21(28)26-11-8-17(9-12-26)27-15(3)19(14-24-27)25-20-13-23-10-7-18(20)22(29)30/h4-7,10,13-14,17,25H,1-2,8-9,11-12H2,3H3,(H,29,30)/b16-6+. The Morgan fingerprint density at radius 2 is 1.97 bits per heavy atom. The fourth-order valence-electron chi connectivity index (χ4n) is 3.59. The van der Waals surface area contributed by atoms with Crippen LogP contribution in [0.1, 0.15) is 34.9 Å². The second-order valence-electron chi connectivity index (χ2n) is 7.02. The van der Waals surface area contributed by atoms with Gasteiger partial charge in [-0.2, -0.15) is 5.10 Å². The van der Waals surface area contributed by atoms with Gasteiger partial charge in [0.1, 0.15) is 0 Å². The minimum Gasteiger partial charge on any atom is -0.478 e. The van der Waals surface area contributed by atoms with Crippen LogP contribution in [0.25, 0.3) is 0 Å². The first-order valence-electron chi connectivity index (χ1n) is 9.69. The molecule has 1 fully saturated rings. The first-order chi connectivity index (χ1) is 14.5. The van der Waals surface area contributed by atoms with Crippen LogP contribution in [0.2, 0.25) is 0 Å². The van der Waals surface area contributed by atoms with Crippen LogP contribution in [0.15, 0.2) is 61.6 Å². The van der Waals surface area contributed by atoms with E-state index in [0.717, 1.165) is 24.2 Å². The van der Waals surface area contributed by atoms with E-state index in [1.165, 1.54) is 18.5 Å². The largest absolute Gasteiger partial charge is 0.478 e. The van der Waals surface area contributed by atoms with Gasteiger partial charge in [0.15, 0.2) is 0 Å². The number of aromatic carboxylic acids is 1. The monoisotopic (exact) mass is 407 g/mol. The van der Waals surface area contributed by atoms with Crippen LogP contribution < -0.4 is 5.32 Å². The number of carbonyl (C=O) groups is 2. The van der Waals surface area contributed by atoms with Gasteiger partial charge in [-0.05, 0) is 25.8 Å². The number of aromatic nitrogens is 3. The molecule has 3 rings (SSSR count). The molecule has 0 saturated carbocycles. The van der Waals surface area contributed by atoms with Gasteiger partial charge < -0.3 is 15.3 Å². The molecule has 0 radical (unpaired) electrons. The van der Waals surface area contributed by atoms with Crippen molar-refractivity contribution in [3.8, 4) is 0 Å². The van der Waals surface area contributed by atoms with Gasteiger partial charge >= 0.3 is 5.97 Å². The fourth-order valence-corrected chi connectivity index (χ4v) is 3.59. The number of rotatable bonds is 7. The number of allylic oxidation sites excluding steroid dienone is 2. The summed E-state index contributed by atoms with van der Waals surface area (Å²) in [6.45, 7) is 10.5. The van der Waals surface area contributed by atoms with Gasteiger partial charge in [0.2, 0.25) is 0 Å². The first kappa shape index (κ1) is 21.0. The van der Waals surface area contributed by atoms with Gasteiger partial charge in [0.25, 0.3) is 5.91 Å². The predicted octanol–water partition coefficient (Wildman–Crippen LogP) is 3.49. The lowest BCUT2D eigenvalue weighted by molar-refractivity contribution is -0.128. The van der Waals surface area contributed by atoms with Crippen LogP contribution in [0.4, 0.5) is 11.4 Å². The molecular weight excluding hydrogens is 382 g/mol. The Bertz CT molecular complexity index is 1000. The lowest BCUT2D eigenvalue weighted by atomic mass is 10.0. The summed E-state index contributed by atoms with van der Waals surface area (Å²) in [6.07, 6.45) is 11.0. The summed E-state index contributed by atoms with van der Waals surface area (Å²) in [5.74, 6) is -1.06. The highest BCUT2D eigenvalue weighted by molar-refractivity contribution is 5.96. The van der Waals surface area contributed by atoms with E-state index in [4.69, 9.17) is 0 Å². The number of anilines is 2. The minimum atomic E-state index is -1.02. The number of piperidine rings is 1. The molecule has 0 atom stereocenters. The molecule has 0 bridgehead atoms. The summed E-state index contributed by atoms with van der Waals surface area (Å²) in [4.78, 5) is 29.8. The van der Waals surface area contributed by atoms with Crippen molar-refractivity contribution in [3.63, 3.8) is 0 Å². The second-order valence-corrected chi connectivity index (χ2v) is 7.02. The third-order valence-electron chi connectivity index (χ3n) is 5.23. The fraction of sp³-hybridized carbons (Fsp3) is 0.273. The Morgan fingerprint density at radius 1 is 1.23 bits per heavy atom. The zero-order chi connectivity index (χ0) is 21.7. The third-order valence-corrected chi connectivity index (χ3v) is 5.23. The summed E-state index contributed by atoms with van der Waals surface area (Å²) in [5, 5.41) is 17.0. The molecule has 1 aliphatic heterocycles. The molecule has 0 aromatic carbocycles. The van der Waals surface area contributed by atoms with Crippen molar-refractivity contribution in [2.75, 3.05) is 18.4 Å². The quantitative estimate of drug-likeness (QED) is 0.538. The SMILES string of the molecule is C=C/C=C(\C=C)C(=O)N1CCC(n2ncc(Nc3cnccc3C(=O)O)c2C)CC1. The smallest absolute Gasteiger partial charge is 0.337 e. The van der Waals surface area contributed by atoms with Gasteiger partial charge in [-0.25, -0.2) is 4.79 Å². The lowest BCUT2D eigenvalue weighted by Crippen LogP contribution is -2.39. The van der Waals surface area contributed by atoms with E-state index in [2.05, 4.69) is 28.6 Å². The van der Waals surface area contributed by atoms with E-state index < -0.39 is 5.97 Å². The molecule has 8 heteroatoms. The average Bonchev–Trinajstić information content (AvgIpc) is 3.12. The van der Waals surface area contributed by atoms with Crippen LogP contribution in [0, 0.1) is 6.92 Å². The minimum absolute atomic E-state index is 0.0410.